The fourth-order valence-corrected chi connectivity index (χ4v) is 3.47. The van der Waals surface area contributed by atoms with Gasteiger partial charge in [0.05, 0.1) is 12.7 Å². The van der Waals surface area contributed by atoms with Crippen molar-refractivity contribution in [2.24, 2.45) is 0 Å². The van der Waals surface area contributed by atoms with Crippen LogP contribution in [0, 0.1) is 0 Å². The Morgan fingerprint density at radius 1 is 1.07 bits per heavy atom. The molecule has 29 heavy (non-hydrogen) atoms. The third kappa shape index (κ3) is 3.76. The number of aromatic hydroxyl groups is 1. The Kier molecular flexibility index (Phi) is 5.12. The van der Waals surface area contributed by atoms with Crippen molar-refractivity contribution >= 4 is 17.1 Å². The molecule has 1 N–H and O–H groups in total. The van der Waals surface area contributed by atoms with E-state index in [0.29, 0.717) is 35.7 Å². The highest BCUT2D eigenvalue weighted by molar-refractivity contribution is 5.88. The van der Waals surface area contributed by atoms with E-state index >= 15 is 0 Å². The number of hydrogen-bond donors (Lipinski definition) is 1. The van der Waals surface area contributed by atoms with E-state index in [1.165, 1.54) is 19.4 Å². The zero-order valence-corrected chi connectivity index (χ0v) is 16.0. The first-order valence-electron chi connectivity index (χ1n) is 9.46. The molecule has 1 aliphatic heterocycles. The summed E-state index contributed by atoms with van der Waals surface area (Å²) < 4.78 is 16.0. The Labute approximate surface area is 167 Å². The first kappa shape index (κ1) is 18.9. The van der Waals surface area contributed by atoms with E-state index < -0.39 is 0 Å². The van der Waals surface area contributed by atoms with Crippen LogP contribution >= 0.6 is 0 Å². The van der Waals surface area contributed by atoms with Crippen LogP contribution in [0.1, 0.15) is 19.3 Å². The maximum Gasteiger partial charge on any atom is 0.415 e. The van der Waals surface area contributed by atoms with Crippen LogP contribution < -0.4 is 14.9 Å². The minimum absolute atomic E-state index is 0.0869. The number of fused-ring (bicyclic) bond motifs is 1. The van der Waals surface area contributed by atoms with E-state index in [9.17, 15) is 14.7 Å². The van der Waals surface area contributed by atoms with Crippen molar-refractivity contribution in [3.8, 4) is 28.4 Å². The Balaban J connectivity index is 1.59. The molecule has 2 aromatic carbocycles. The first-order valence-corrected chi connectivity index (χ1v) is 9.46. The van der Waals surface area contributed by atoms with Gasteiger partial charge in [-0.15, -0.1) is 0 Å². The molecule has 7 heteroatoms. The zero-order chi connectivity index (χ0) is 20.4. The second kappa shape index (κ2) is 7.87. The summed E-state index contributed by atoms with van der Waals surface area (Å²) in [4.78, 5) is 26.8. The predicted octanol–water partition coefficient (Wildman–Crippen LogP) is 4.16. The number of phenols is 1. The quantitative estimate of drug-likeness (QED) is 0.716. The maximum atomic E-state index is 12.9. The van der Waals surface area contributed by atoms with Crippen molar-refractivity contribution in [1.82, 2.24) is 4.90 Å². The van der Waals surface area contributed by atoms with Crippen LogP contribution in [0.2, 0.25) is 0 Å². The first-order chi connectivity index (χ1) is 14.1. The van der Waals surface area contributed by atoms with Crippen LogP contribution in [0.3, 0.4) is 0 Å². The molecule has 7 nitrogen and oxygen atoms in total. The van der Waals surface area contributed by atoms with E-state index in [2.05, 4.69) is 0 Å². The molecule has 1 fully saturated rings. The molecule has 0 spiro atoms. The zero-order valence-electron chi connectivity index (χ0n) is 16.0. The summed E-state index contributed by atoms with van der Waals surface area (Å²) in [5.74, 6) is 0.592. The van der Waals surface area contributed by atoms with Crippen LogP contribution in [-0.2, 0) is 0 Å². The number of benzene rings is 2. The van der Waals surface area contributed by atoms with E-state index in [4.69, 9.17) is 13.9 Å². The summed E-state index contributed by atoms with van der Waals surface area (Å²) in [6, 6.07) is 9.54. The monoisotopic (exact) mass is 395 g/mol. The van der Waals surface area contributed by atoms with E-state index in [-0.39, 0.29) is 28.2 Å². The lowest BCUT2D eigenvalue weighted by atomic mass is 10.0. The third-order valence-corrected chi connectivity index (χ3v) is 5.05. The molecular weight excluding hydrogens is 374 g/mol. The van der Waals surface area contributed by atoms with Gasteiger partial charge in [-0.25, -0.2) is 4.79 Å². The summed E-state index contributed by atoms with van der Waals surface area (Å²) in [6.45, 7) is 1.42. The second-order valence-corrected chi connectivity index (χ2v) is 6.94. The smallest absolute Gasteiger partial charge is 0.415 e. The Hall–Kier alpha value is -3.48. The van der Waals surface area contributed by atoms with Gasteiger partial charge in [-0.3, -0.25) is 4.79 Å². The number of likely N-dealkylation sites (tertiary alicyclic amines) is 1. The van der Waals surface area contributed by atoms with Gasteiger partial charge in [-0.05, 0) is 37.0 Å². The molecule has 0 atom stereocenters. The van der Waals surface area contributed by atoms with Gasteiger partial charge in [0, 0.05) is 25.2 Å². The third-order valence-electron chi connectivity index (χ3n) is 5.05. The topological polar surface area (TPSA) is 89.2 Å². The van der Waals surface area contributed by atoms with Gasteiger partial charge in [0.15, 0.2) is 0 Å². The molecule has 1 aromatic heterocycles. The van der Waals surface area contributed by atoms with Crippen molar-refractivity contribution in [1.29, 1.82) is 0 Å². The SMILES string of the molecule is COc1cc(O)c2c(=O)c(-c3ccc(OC(=O)N4CCCCC4)cc3)coc2c1. The lowest BCUT2D eigenvalue weighted by Gasteiger charge is -2.25. The van der Waals surface area contributed by atoms with Crippen molar-refractivity contribution < 1.29 is 23.8 Å². The van der Waals surface area contributed by atoms with Crippen LogP contribution in [-0.4, -0.2) is 36.3 Å². The second-order valence-electron chi connectivity index (χ2n) is 6.94. The summed E-state index contributed by atoms with van der Waals surface area (Å²) in [7, 11) is 1.47. The van der Waals surface area contributed by atoms with Crippen LogP contribution in [0.25, 0.3) is 22.1 Å². The molecule has 0 saturated carbocycles. The van der Waals surface area contributed by atoms with Crippen LogP contribution in [0.15, 0.2) is 51.9 Å². The van der Waals surface area contributed by atoms with E-state index in [1.807, 2.05) is 0 Å². The number of nitrogens with zero attached hydrogens (tertiary/aromatic N) is 1. The summed E-state index contributed by atoms with van der Waals surface area (Å²) in [5.41, 5.74) is 0.771. The molecule has 150 valence electrons. The van der Waals surface area contributed by atoms with Crippen LogP contribution in [0.4, 0.5) is 4.79 Å². The Morgan fingerprint density at radius 2 is 1.79 bits per heavy atom. The number of hydrogen-bond acceptors (Lipinski definition) is 6. The highest BCUT2D eigenvalue weighted by Gasteiger charge is 2.19. The molecule has 0 bridgehead atoms. The van der Waals surface area contributed by atoms with Crippen LogP contribution in [0.5, 0.6) is 17.2 Å². The number of piperidine rings is 1. The number of carbonyl (C=O) groups is 1. The number of carbonyl (C=O) groups excluding carboxylic acids is 1. The van der Waals surface area contributed by atoms with Crippen molar-refractivity contribution in [2.45, 2.75) is 19.3 Å². The molecule has 3 aromatic rings. The molecule has 0 unspecified atom stereocenters. The Bertz CT molecular complexity index is 1100. The number of phenolic OH excluding ortho intramolecular Hbond substituents is 1. The fraction of sp³-hybridized carbons (Fsp3) is 0.273. The summed E-state index contributed by atoms with van der Waals surface area (Å²) >= 11 is 0. The molecule has 0 aliphatic carbocycles. The Morgan fingerprint density at radius 3 is 2.48 bits per heavy atom. The molecule has 1 amide bonds. The van der Waals surface area contributed by atoms with Gasteiger partial charge in [-0.1, -0.05) is 12.1 Å². The number of rotatable bonds is 3. The highest BCUT2D eigenvalue weighted by atomic mass is 16.6. The van der Waals surface area contributed by atoms with Gasteiger partial charge in [-0.2, -0.15) is 0 Å². The number of ether oxygens (including phenoxy) is 2. The van der Waals surface area contributed by atoms with Crippen molar-refractivity contribution in [3.05, 3.63) is 52.9 Å². The average Bonchev–Trinajstić information content (AvgIpc) is 2.75. The van der Waals surface area contributed by atoms with Gasteiger partial charge in [0.25, 0.3) is 0 Å². The van der Waals surface area contributed by atoms with E-state index in [1.54, 1.807) is 35.2 Å². The fourth-order valence-electron chi connectivity index (χ4n) is 3.47. The standard InChI is InChI=1S/C22H21NO6/c1-27-16-11-18(24)20-19(12-16)28-13-17(21(20)25)14-5-7-15(8-6-14)29-22(26)23-9-3-2-4-10-23/h5-8,11-13,24H,2-4,9-10H2,1H3. The lowest BCUT2D eigenvalue weighted by molar-refractivity contribution is 0.142. The predicted molar refractivity (Wildman–Crippen MR) is 108 cm³/mol. The molecule has 1 saturated heterocycles. The highest BCUT2D eigenvalue weighted by Crippen LogP contribution is 2.30. The van der Waals surface area contributed by atoms with Gasteiger partial charge >= 0.3 is 6.09 Å². The van der Waals surface area contributed by atoms with Crippen molar-refractivity contribution in [2.75, 3.05) is 20.2 Å². The van der Waals surface area contributed by atoms with Gasteiger partial charge < -0.3 is 23.9 Å². The van der Waals surface area contributed by atoms with Gasteiger partial charge in [0.2, 0.25) is 5.43 Å². The minimum Gasteiger partial charge on any atom is -0.507 e. The summed E-state index contributed by atoms with van der Waals surface area (Å²) in [6.07, 6.45) is 4.10. The molecule has 4 rings (SSSR count). The lowest BCUT2D eigenvalue weighted by Crippen LogP contribution is -2.37. The molecule has 1 aliphatic rings. The minimum atomic E-state index is -0.360. The largest absolute Gasteiger partial charge is 0.507 e. The summed E-state index contributed by atoms with van der Waals surface area (Å²) in [5, 5.41) is 10.3. The van der Waals surface area contributed by atoms with Crippen molar-refractivity contribution in [3.63, 3.8) is 0 Å². The number of methoxy groups -OCH3 is 1. The maximum absolute atomic E-state index is 12.9. The molecule has 2 heterocycles. The van der Waals surface area contributed by atoms with Gasteiger partial charge in [0.1, 0.15) is 34.5 Å². The molecular formula is C22H21NO6. The molecule has 0 radical (unpaired) electrons. The average molecular weight is 395 g/mol. The number of amides is 1. The normalized spacial score (nSPS) is 14.0. The van der Waals surface area contributed by atoms with E-state index in [0.717, 1.165) is 19.3 Å².